The number of benzene rings is 2. The molecule has 5 rings (SSSR count). The lowest BCUT2D eigenvalue weighted by atomic mass is 9.98. The minimum atomic E-state index is -0.579. The Balaban J connectivity index is 1.76. The Labute approximate surface area is 232 Å². The molecule has 0 fully saturated rings. The molecule has 0 unspecified atom stereocenters. The van der Waals surface area contributed by atoms with Crippen molar-refractivity contribution in [3.8, 4) is 0 Å². The lowest BCUT2D eigenvalue weighted by molar-refractivity contribution is 0.184. The summed E-state index contributed by atoms with van der Waals surface area (Å²) in [7, 11) is 0. The van der Waals surface area contributed by atoms with Crippen molar-refractivity contribution in [2.45, 2.75) is 59.3 Å². The van der Waals surface area contributed by atoms with Crippen LogP contribution >= 0.6 is 11.6 Å². The van der Waals surface area contributed by atoms with E-state index in [0.717, 1.165) is 33.2 Å². The van der Waals surface area contributed by atoms with Gasteiger partial charge in [-0.25, -0.2) is 4.68 Å². The van der Waals surface area contributed by atoms with Crippen molar-refractivity contribution in [1.29, 1.82) is 0 Å². The van der Waals surface area contributed by atoms with Crippen molar-refractivity contribution >= 4 is 22.5 Å². The number of pyridine rings is 2. The fourth-order valence-corrected chi connectivity index (χ4v) is 5.25. The van der Waals surface area contributed by atoms with Crippen LogP contribution < -0.4 is 5.56 Å². The van der Waals surface area contributed by atoms with Crippen LogP contribution in [0.15, 0.2) is 71.8 Å². The predicted octanol–water partition coefficient (Wildman–Crippen LogP) is 5.73. The zero-order valence-electron chi connectivity index (χ0n) is 22.8. The lowest BCUT2D eigenvalue weighted by Crippen LogP contribution is -2.37. The van der Waals surface area contributed by atoms with E-state index in [9.17, 15) is 4.79 Å². The van der Waals surface area contributed by atoms with E-state index in [2.05, 4.69) is 49.4 Å². The van der Waals surface area contributed by atoms with Crippen LogP contribution in [0.1, 0.15) is 60.5 Å². The SMILES string of the molecule is Cc1cc(C)c2[nH]c(=O)c([C@H](c3nnnn3C(C)(C)C)N(Cc3cccnc3)Cc3ccccc3Cl)cc2c1. The summed E-state index contributed by atoms with van der Waals surface area (Å²) in [6.07, 6.45) is 3.58. The van der Waals surface area contributed by atoms with E-state index >= 15 is 0 Å². The van der Waals surface area contributed by atoms with Crippen LogP contribution in [0.25, 0.3) is 10.9 Å². The van der Waals surface area contributed by atoms with E-state index in [1.807, 2.05) is 76.4 Å². The van der Waals surface area contributed by atoms with Gasteiger partial charge >= 0.3 is 0 Å². The van der Waals surface area contributed by atoms with Gasteiger partial charge in [0.05, 0.1) is 11.1 Å². The van der Waals surface area contributed by atoms with Gasteiger partial charge in [-0.15, -0.1) is 5.10 Å². The van der Waals surface area contributed by atoms with Gasteiger partial charge in [0.15, 0.2) is 5.82 Å². The first-order valence-electron chi connectivity index (χ1n) is 12.9. The van der Waals surface area contributed by atoms with Crippen molar-refractivity contribution in [3.05, 3.63) is 116 Å². The number of hydrogen-bond donors (Lipinski definition) is 1. The van der Waals surface area contributed by atoms with Crippen LogP contribution in [0.4, 0.5) is 0 Å². The first-order chi connectivity index (χ1) is 18.6. The van der Waals surface area contributed by atoms with Crippen LogP contribution in [0.5, 0.6) is 0 Å². The molecule has 1 N–H and O–H groups in total. The zero-order valence-corrected chi connectivity index (χ0v) is 23.6. The number of hydrogen-bond acceptors (Lipinski definition) is 6. The molecule has 1 atom stereocenters. The maximum Gasteiger partial charge on any atom is 0.253 e. The van der Waals surface area contributed by atoms with Gasteiger partial charge in [0, 0.05) is 36.1 Å². The van der Waals surface area contributed by atoms with Gasteiger partial charge in [-0.3, -0.25) is 14.7 Å². The molecule has 9 heteroatoms. The van der Waals surface area contributed by atoms with Gasteiger partial charge in [0.1, 0.15) is 6.04 Å². The van der Waals surface area contributed by atoms with E-state index in [1.165, 1.54) is 0 Å². The Morgan fingerprint density at radius 2 is 1.85 bits per heavy atom. The predicted molar refractivity (Wildman–Crippen MR) is 154 cm³/mol. The standard InChI is InChI=1S/C30H32ClN7O/c1-19-13-20(2)26-23(14-19)15-24(29(39)33-26)27(28-34-35-36-38(28)30(3,4)5)37(17-21-9-8-12-32-16-21)18-22-10-6-7-11-25(22)31/h6-16,27H,17-18H2,1-5H3,(H,33,39)/t27-/m1/s1. The molecule has 39 heavy (non-hydrogen) atoms. The molecule has 0 saturated carbocycles. The highest BCUT2D eigenvalue weighted by Crippen LogP contribution is 2.33. The summed E-state index contributed by atoms with van der Waals surface area (Å²) in [6, 6.07) is 17.2. The zero-order chi connectivity index (χ0) is 27.7. The Morgan fingerprint density at radius 3 is 2.56 bits per heavy atom. The van der Waals surface area contributed by atoms with Crippen LogP contribution in [0.3, 0.4) is 0 Å². The maximum atomic E-state index is 13.8. The normalized spacial score (nSPS) is 12.8. The van der Waals surface area contributed by atoms with Crippen molar-refractivity contribution in [2.24, 2.45) is 0 Å². The number of aryl methyl sites for hydroxylation is 2. The van der Waals surface area contributed by atoms with Gasteiger partial charge in [0.2, 0.25) is 0 Å². The Kier molecular flexibility index (Phi) is 7.34. The minimum Gasteiger partial charge on any atom is -0.321 e. The number of fused-ring (bicyclic) bond motifs is 1. The summed E-state index contributed by atoms with van der Waals surface area (Å²) in [6.45, 7) is 11.1. The van der Waals surface area contributed by atoms with E-state index in [-0.39, 0.29) is 5.56 Å². The van der Waals surface area contributed by atoms with Crippen LogP contribution in [-0.4, -0.2) is 35.1 Å². The minimum absolute atomic E-state index is 0.182. The molecule has 2 aromatic carbocycles. The van der Waals surface area contributed by atoms with Crippen molar-refractivity contribution < 1.29 is 0 Å². The topological polar surface area (TPSA) is 92.6 Å². The monoisotopic (exact) mass is 541 g/mol. The quantitative estimate of drug-likeness (QED) is 0.283. The molecular formula is C30H32ClN7O. The molecule has 0 aliphatic rings. The number of halogens is 1. The van der Waals surface area contributed by atoms with Crippen LogP contribution in [-0.2, 0) is 18.6 Å². The largest absolute Gasteiger partial charge is 0.321 e. The molecular weight excluding hydrogens is 510 g/mol. The van der Waals surface area contributed by atoms with Crippen molar-refractivity contribution in [1.82, 2.24) is 35.1 Å². The Bertz CT molecular complexity index is 1670. The van der Waals surface area contributed by atoms with Gasteiger partial charge in [0.25, 0.3) is 5.56 Å². The average Bonchev–Trinajstić information content (AvgIpc) is 3.37. The molecule has 5 aromatic rings. The third-order valence-electron chi connectivity index (χ3n) is 6.80. The molecule has 200 valence electrons. The smallest absolute Gasteiger partial charge is 0.253 e. The number of nitrogens with one attached hydrogen (secondary N) is 1. The van der Waals surface area contributed by atoms with Crippen LogP contribution in [0.2, 0.25) is 5.02 Å². The first kappa shape index (κ1) is 26.7. The molecule has 3 aromatic heterocycles. The summed E-state index contributed by atoms with van der Waals surface area (Å²) in [4.78, 5) is 23.5. The van der Waals surface area contributed by atoms with Gasteiger partial charge in [-0.2, -0.15) is 0 Å². The molecule has 0 radical (unpaired) electrons. The molecule has 8 nitrogen and oxygen atoms in total. The summed E-state index contributed by atoms with van der Waals surface area (Å²) in [5.74, 6) is 0.577. The van der Waals surface area contributed by atoms with Crippen molar-refractivity contribution in [3.63, 3.8) is 0 Å². The molecule has 3 heterocycles. The molecule has 0 amide bonds. The van der Waals surface area contributed by atoms with Crippen LogP contribution in [0, 0.1) is 13.8 Å². The summed E-state index contributed by atoms with van der Waals surface area (Å²) >= 11 is 6.64. The summed E-state index contributed by atoms with van der Waals surface area (Å²) in [5.41, 5.74) is 4.86. The fraction of sp³-hybridized carbons (Fsp3) is 0.300. The van der Waals surface area contributed by atoms with Gasteiger partial charge in [-0.05, 0) is 91.4 Å². The average molecular weight is 542 g/mol. The van der Waals surface area contributed by atoms with E-state index in [0.29, 0.717) is 29.5 Å². The molecule has 0 aliphatic heterocycles. The third-order valence-corrected chi connectivity index (χ3v) is 7.16. The van der Waals surface area contributed by atoms with E-state index in [1.54, 1.807) is 10.9 Å². The molecule has 0 aliphatic carbocycles. The maximum absolute atomic E-state index is 13.8. The Morgan fingerprint density at radius 1 is 1.05 bits per heavy atom. The Hall–Kier alpha value is -3.88. The molecule has 0 saturated heterocycles. The second-order valence-electron chi connectivity index (χ2n) is 11.0. The van der Waals surface area contributed by atoms with Crippen molar-refractivity contribution in [2.75, 3.05) is 0 Å². The van der Waals surface area contributed by atoms with Gasteiger partial charge in [-0.1, -0.05) is 47.5 Å². The fourth-order valence-electron chi connectivity index (χ4n) is 5.06. The highest BCUT2D eigenvalue weighted by molar-refractivity contribution is 6.31. The first-order valence-corrected chi connectivity index (χ1v) is 13.3. The van der Waals surface area contributed by atoms with E-state index < -0.39 is 11.6 Å². The highest BCUT2D eigenvalue weighted by Gasteiger charge is 2.34. The van der Waals surface area contributed by atoms with Gasteiger partial charge < -0.3 is 4.98 Å². The number of rotatable bonds is 7. The lowest BCUT2D eigenvalue weighted by Gasteiger charge is -2.33. The number of tetrazole rings is 1. The second kappa shape index (κ2) is 10.7. The molecule has 0 spiro atoms. The summed E-state index contributed by atoms with van der Waals surface area (Å²) in [5, 5.41) is 14.5. The second-order valence-corrected chi connectivity index (χ2v) is 11.4. The number of nitrogens with zero attached hydrogens (tertiary/aromatic N) is 6. The third kappa shape index (κ3) is 5.62. The number of aromatic nitrogens is 6. The molecule has 0 bridgehead atoms. The number of aromatic amines is 1. The number of H-pyrrole nitrogens is 1. The highest BCUT2D eigenvalue weighted by atomic mass is 35.5. The van der Waals surface area contributed by atoms with E-state index in [4.69, 9.17) is 11.6 Å². The summed E-state index contributed by atoms with van der Waals surface area (Å²) < 4.78 is 1.80.